The summed E-state index contributed by atoms with van der Waals surface area (Å²) in [4.78, 5) is 14.6. The van der Waals surface area contributed by atoms with Gasteiger partial charge in [0, 0.05) is 17.1 Å². The number of thiophene rings is 1. The van der Waals surface area contributed by atoms with Crippen molar-refractivity contribution in [2.45, 2.75) is 18.6 Å². The highest BCUT2D eigenvalue weighted by molar-refractivity contribution is 7.88. The molecule has 1 aliphatic carbocycles. The van der Waals surface area contributed by atoms with Crippen LogP contribution in [0.5, 0.6) is 0 Å². The van der Waals surface area contributed by atoms with Crippen LogP contribution < -0.4 is 10.0 Å². The zero-order chi connectivity index (χ0) is 21.1. The van der Waals surface area contributed by atoms with Gasteiger partial charge in [-0.3, -0.25) is 4.79 Å². The van der Waals surface area contributed by atoms with Gasteiger partial charge in [-0.15, -0.1) is 17.9 Å². The van der Waals surface area contributed by atoms with Gasteiger partial charge in [-0.2, -0.15) is 0 Å². The first-order valence-corrected chi connectivity index (χ1v) is 12.1. The summed E-state index contributed by atoms with van der Waals surface area (Å²) < 4.78 is 26.4. The zero-order valence-corrected chi connectivity index (χ0v) is 18.0. The Bertz CT molecular complexity index is 1200. The molecule has 3 aromatic rings. The van der Waals surface area contributed by atoms with E-state index in [1.807, 2.05) is 12.1 Å². The van der Waals surface area contributed by atoms with Crippen molar-refractivity contribution in [3.05, 3.63) is 88.8 Å². The smallest absolute Gasteiger partial charge is 0.265 e. The van der Waals surface area contributed by atoms with Crippen LogP contribution in [0.15, 0.2) is 67.3 Å². The molecular formula is C23H22N2O3S2. The third-order valence-corrected chi connectivity index (χ3v) is 7.50. The molecule has 30 heavy (non-hydrogen) atoms. The lowest BCUT2D eigenvalue weighted by Crippen LogP contribution is -2.25. The number of hydrogen-bond acceptors (Lipinski definition) is 4. The summed E-state index contributed by atoms with van der Waals surface area (Å²) in [5.74, 6) is -0.272. The molecule has 0 spiro atoms. The van der Waals surface area contributed by atoms with Crippen LogP contribution in [0, 0.1) is 0 Å². The van der Waals surface area contributed by atoms with E-state index in [1.54, 1.807) is 24.3 Å². The molecule has 0 unspecified atom stereocenters. The van der Waals surface area contributed by atoms with Gasteiger partial charge in [0.05, 0.1) is 10.6 Å². The predicted octanol–water partition coefficient (Wildman–Crippen LogP) is 4.37. The van der Waals surface area contributed by atoms with Crippen molar-refractivity contribution in [1.82, 2.24) is 4.72 Å². The molecule has 0 saturated carbocycles. The Kier molecular flexibility index (Phi) is 5.85. The van der Waals surface area contributed by atoms with Crippen molar-refractivity contribution in [2.75, 3.05) is 11.9 Å². The van der Waals surface area contributed by atoms with Crippen molar-refractivity contribution >= 4 is 33.0 Å². The van der Waals surface area contributed by atoms with Gasteiger partial charge in [0.25, 0.3) is 5.91 Å². The third-order valence-electron chi connectivity index (χ3n) is 4.97. The summed E-state index contributed by atoms with van der Waals surface area (Å²) in [6, 6.07) is 17.2. The minimum atomic E-state index is -3.41. The molecule has 1 amide bonds. The normalized spacial score (nSPS) is 12.7. The van der Waals surface area contributed by atoms with Gasteiger partial charge in [0.15, 0.2) is 0 Å². The molecule has 0 radical (unpaired) electrons. The van der Waals surface area contributed by atoms with Crippen LogP contribution in [0.25, 0.3) is 10.4 Å². The van der Waals surface area contributed by atoms with Crippen LogP contribution in [-0.4, -0.2) is 20.9 Å². The van der Waals surface area contributed by atoms with E-state index in [0.29, 0.717) is 16.1 Å². The number of rotatable bonds is 7. The van der Waals surface area contributed by atoms with E-state index in [2.05, 4.69) is 34.8 Å². The topological polar surface area (TPSA) is 75.3 Å². The van der Waals surface area contributed by atoms with E-state index in [9.17, 15) is 13.2 Å². The molecule has 0 atom stereocenters. The maximum atomic E-state index is 12.8. The van der Waals surface area contributed by atoms with Gasteiger partial charge in [-0.25, -0.2) is 13.1 Å². The quantitative estimate of drug-likeness (QED) is 0.538. The number of anilines is 1. The summed E-state index contributed by atoms with van der Waals surface area (Å²) in [5, 5.41) is 2.91. The molecule has 5 nitrogen and oxygen atoms in total. The first-order valence-electron chi connectivity index (χ1n) is 9.65. The van der Waals surface area contributed by atoms with Crippen LogP contribution >= 0.6 is 11.3 Å². The van der Waals surface area contributed by atoms with Crippen molar-refractivity contribution in [3.63, 3.8) is 0 Å². The first-order chi connectivity index (χ1) is 14.4. The number of aryl methyl sites for hydroxylation is 2. The Labute approximate surface area is 180 Å². The Balaban J connectivity index is 1.45. The highest BCUT2D eigenvalue weighted by Gasteiger charge is 2.21. The second-order valence-corrected chi connectivity index (χ2v) is 10.0. The van der Waals surface area contributed by atoms with Gasteiger partial charge in [-0.05, 0) is 53.3 Å². The van der Waals surface area contributed by atoms with Crippen molar-refractivity contribution in [1.29, 1.82) is 0 Å². The molecule has 1 heterocycles. The van der Waals surface area contributed by atoms with E-state index in [4.69, 9.17) is 0 Å². The van der Waals surface area contributed by atoms with E-state index in [1.165, 1.54) is 39.0 Å². The van der Waals surface area contributed by atoms with Crippen LogP contribution in [0.3, 0.4) is 0 Å². The van der Waals surface area contributed by atoms with Crippen LogP contribution in [0.4, 0.5) is 5.69 Å². The van der Waals surface area contributed by atoms with Crippen molar-refractivity contribution in [2.24, 2.45) is 0 Å². The predicted molar refractivity (Wildman–Crippen MR) is 122 cm³/mol. The first kappa shape index (κ1) is 20.5. The Morgan fingerprint density at radius 3 is 2.57 bits per heavy atom. The van der Waals surface area contributed by atoms with Gasteiger partial charge in [0.2, 0.25) is 10.0 Å². The Morgan fingerprint density at radius 1 is 1.07 bits per heavy atom. The fourth-order valence-corrected chi connectivity index (χ4v) is 5.79. The zero-order valence-electron chi connectivity index (χ0n) is 16.4. The second-order valence-electron chi connectivity index (χ2n) is 7.17. The van der Waals surface area contributed by atoms with Crippen LogP contribution in [0.2, 0.25) is 0 Å². The fourth-order valence-electron chi connectivity index (χ4n) is 3.52. The lowest BCUT2D eigenvalue weighted by molar-refractivity contribution is 0.103. The summed E-state index contributed by atoms with van der Waals surface area (Å²) in [7, 11) is -3.41. The third kappa shape index (κ3) is 4.53. The van der Waals surface area contributed by atoms with Crippen molar-refractivity contribution in [3.8, 4) is 10.4 Å². The number of hydrogen-bond donors (Lipinski definition) is 2. The number of benzene rings is 2. The molecular weight excluding hydrogens is 416 g/mol. The average Bonchev–Trinajstić information content (AvgIpc) is 3.19. The molecule has 0 fully saturated rings. The molecule has 2 N–H and O–H groups in total. The van der Waals surface area contributed by atoms with Gasteiger partial charge < -0.3 is 5.32 Å². The maximum Gasteiger partial charge on any atom is 0.265 e. The fraction of sp³-hybridized carbons (Fsp3) is 0.174. The molecule has 4 rings (SSSR count). The van der Waals surface area contributed by atoms with Gasteiger partial charge in [-0.1, -0.05) is 42.5 Å². The van der Waals surface area contributed by atoms with Crippen LogP contribution in [-0.2, 0) is 28.6 Å². The van der Waals surface area contributed by atoms with Crippen LogP contribution in [0.1, 0.15) is 26.4 Å². The minimum absolute atomic E-state index is 0.119. The molecule has 0 aliphatic heterocycles. The largest absolute Gasteiger partial charge is 0.321 e. The number of sulfonamides is 1. The molecule has 1 aromatic heterocycles. The van der Waals surface area contributed by atoms with Crippen molar-refractivity contribution < 1.29 is 13.2 Å². The maximum absolute atomic E-state index is 12.8. The number of amides is 1. The van der Waals surface area contributed by atoms with Gasteiger partial charge >= 0.3 is 0 Å². The highest BCUT2D eigenvalue weighted by Crippen LogP contribution is 2.39. The van der Waals surface area contributed by atoms with E-state index in [-0.39, 0.29) is 18.2 Å². The van der Waals surface area contributed by atoms with E-state index >= 15 is 0 Å². The number of carbonyl (C=O) groups is 1. The second kappa shape index (κ2) is 8.55. The molecule has 0 bridgehead atoms. The molecule has 2 aromatic carbocycles. The van der Waals surface area contributed by atoms with E-state index < -0.39 is 10.0 Å². The Hall–Kier alpha value is -2.74. The van der Waals surface area contributed by atoms with Gasteiger partial charge in [0.1, 0.15) is 0 Å². The SMILES string of the molecule is C=CCNS(=O)(=O)Cc1ccc(NC(=O)c2cc3c(s2)-c2ccccc2CC3)cc1. The summed E-state index contributed by atoms with van der Waals surface area (Å²) in [6.45, 7) is 3.70. The summed E-state index contributed by atoms with van der Waals surface area (Å²) in [6.07, 6.45) is 3.43. The number of fused-ring (bicyclic) bond motifs is 3. The van der Waals surface area contributed by atoms with E-state index in [0.717, 1.165) is 12.8 Å². The monoisotopic (exact) mass is 438 g/mol. The lowest BCUT2D eigenvalue weighted by Gasteiger charge is -2.15. The lowest BCUT2D eigenvalue weighted by atomic mass is 9.91. The Morgan fingerprint density at radius 2 is 1.80 bits per heavy atom. The molecule has 0 saturated heterocycles. The highest BCUT2D eigenvalue weighted by atomic mass is 32.2. The summed E-state index contributed by atoms with van der Waals surface area (Å²) >= 11 is 1.52. The molecule has 1 aliphatic rings. The molecule has 154 valence electrons. The number of nitrogens with one attached hydrogen (secondary N) is 2. The minimum Gasteiger partial charge on any atom is -0.321 e. The standard InChI is InChI=1S/C23H22N2O3S2/c1-2-13-24-30(27,28)15-16-7-11-19(12-8-16)25-23(26)21-14-18-10-9-17-5-3-4-6-20(17)22(18)29-21/h2-8,11-12,14,24H,1,9-10,13,15H2,(H,25,26). The molecule has 7 heteroatoms. The summed E-state index contributed by atoms with van der Waals surface area (Å²) in [5.41, 5.74) is 5.04. The number of carbonyl (C=O) groups excluding carboxylic acids is 1. The average molecular weight is 439 g/mol.